The fourth-order valence-electron chi connectivity index (χ4n) is 2.69. The molecule has 8 nitrogen and oxygen atoms in total. The molecule has 1 atom stereocenters. The Labute approximate surface area is 135 Å². The Morgan fingerprint density at radius 2 is 1.96 bits per heavy atom. The first-order chi connectivity index (χ1) is 11.3. The highest BCUT2D eigenvalue weighted by atomic mass is 19.4. The number of nitrogens with zero attached hydrogens (tertiary/aromatic N) is 6. The highest BCUT2D eigenvalue weighted by molar-refractivity contribution is 5.79. The second-order valence-corrected chi connectivity index (χ2v) is 5.57. The molecule has 130 valence electrons. The van der Waals surface area contributed by atoms with Crippen LogP contribution in [0.2, 0.25) is 0 Å². The van der Waals surface area contributed by atoms with Gasteiger partial charge < -0.3 is 10.6 Å². The lowest BCUT2D eigenvalue weighted by Crippen LogP contribution is -2.53. The van der Waals surface area contributed by atoms with E-state index in [2.05, 4.69) is 15.1 Å². The van der Waals surface area contributed by atoms with Crippen molar-refractivity contribution in [2.75, 3.05) is 31.1 Å². The molecule has 0 aromatic carbocycles. The van der Waals surface area contributed by atoms with Crippen LogP contribution >= 0.6 is 0 Å². The zero-order chi connectivity index (χ0) is 17.5. The van der Waals surface area contributed by atoms with Gasteiger partial charge in [-0.3, -0.25) is 9.69 Å². The lowest BCUT2D eigenvalue weighted by atomic mass is 10.2. The number of aromatic nitrogens is 4. The smallest absolute Gasteiger partial charge is 0.368 e. The van der Waals surface area contributed by atoms with Gasteiger partial charge in [-0.25, -0.2) is 4.98 Å². The number of alkyl halides is 3. The minimum absolute atomic E-state index is 0.104. The number of fused-ring (bicyclic) bond motifs is 1. The SMILES string of the molecule is CC(C(N)=O)N1CCN(c2cc(C(F)(F)F)nc3ncnn23)CC1. The number of nitrogens with two attached hydrogens (primary N) is 1. The number of carbonyl (C=O) groups is 1. The summed E-state index contributed by atoms with van der Waals surface area (Å²) < 4.78 is 40.4. The van der Waals surface area contributed by atoms with E-state index < -0.39 is 23.8 Å². The molecule has 3 heterocycles. The molecule has 2 aromatic rings. The van der Waals surface area contributed by atoms with Gasteiger partial charge >= 0.3 is 6.18 Å². The Kier molecular flexibility index (Phi) is 4.03. The van der Waals surface area contributed by atoms with E-state index in [-0.39, 0.29) is 11.6 Å². The summed E-state index contributed by atoms with van der Waals surface area (Å²) >= 11 is 0. The van der Waals surface area contributed by atoms with Gasteiger partial charge in [0.15, 0.2) is 5.69 Å². The first-order valence-electron chi connectivity index (χ1n) is 7.33. The van der Waals surface area contributed by atoms with Crippen LogP contribution in [0.5, 0.6) is 0 Å². The molecule has 2 aromatic heterocycles. The van der Waals surface area contributed by atoms with Crippen molar-refractivity contribution in [3.8, 4) is 0 Å². The van der Waals surface area contributed by atoms with Crippen molar-refractivity contribution in [3.05, 3.63) is 18.1 Å². The Hall–Kier alpha value is -2.43. The number of hydrogen-bond donors (Lipinski definition) is 1. The standard InChI is InChI=1S/C13H16F3N7O/c1-8(11(17)24)21-2-4-22(5-3-21)10-6-9(13(14,15)16)20-12-18-7-19-23(10)12/h6-8H,2-5H2,1H3,(H2,17,24). The van der Waals surface area contributed by atoms with Crippen molar-refractivity contribution in [1.29, 1.82) is 0 Å². The number of anilines is 1. The topological polar surface area (TPSA) is 92.7 Å². The van der Waals surface area contributed by atoms with E-state index in [0.717, 1.165) is 12.4 Å². The number of hydrogen-bond acceptors (Lipinski definition) is 6. The third-order valence-electron chi connectivity index (χ3n) is 4.12. The van der Waals surface area contributed by atoms with Crippen LogP contribution in [0.3, 0.4) is 0 Å². The average Bonchev–Trinajstić information content (AvgIpc) is 3.01. The Balaban J connectivity index is 1.88. The molecule has 24 heavy (non-hydrogen) atoms. The van der Waals surface area contributed by atoms with Crippen LogP contribution in [0.15, 0.2) is 12.4 Å². The minimum atomic E-state index is -4.56. The largest absolute Gasteiger partial charge is 0.433 e. The van der Waals surface area contributed by atoms with Crippen LogP contribution in [0.4, 0.5) is 19.0 Å². The number of rotatable bonds is 3. The summed E-state index contributed by atoms with van der Waals surface area (Å²) in [6, 6.07) is 0.552. The second kappa shape index (κ2) is 5.89. The van der Waals surface area contributed by atoms with Crippen molar-refractivity contribution in [1.82, 2.24) is 24.5 Å². The summed E-state index contributed by atoms with van der Waals surface area (Å²) in [5, 5.41) is 3.95. The highest BCUT2D eigenvalue weighted by Crippen LogP contribution is 2.30. The fraction of sp³-hybridized carbons (Fsp3) is 0.538. The van der Waals surface area contributed by atoms with E-state index in [4.69, 9.17) is 5.73 Å². The molecule has 0 aliphatic carbocycles. The van der Waals surface area contributed by atoms with E-state index >= 15 is 0 Å². The van der Waals surface area contributed by atoms with Gasteiger partial charge in [-0.15, -0.1) is 0 Å². The molecule has 0 radical (unpaired) electrons. The quantitative estimate of drug-likeness (QED) is 0.852. The second-order valence-electron chi connectivity index (χ2n) is 5.57. The van der Waals surface area contributed by atoms with Crippen LogP contribution in [-0.2, 0) is 11.0 Å². The zero-order valence-corrected chi connectivity index (χ0v) is 12.9. The molecule has 0 spiro atoms. The van der Waals surface area contributed by atoms with Gasteiger partial charge in [-0.05, 0) is 6.92 Å². The monoisotopic (exact) mass is 343 g/mol. The number of halogens is 3. The lowest BCUT2D eigenvalue weighted by Gasteiger charge is -2.37. The summed E-state index contributed by atoms with van der Waals surface area (Å²) in [6.45, 7) is 3.59. The number of amides is 1. The number of carbonyl (C=O) groups excluding carboxylic acids is 1. The van der Waals surface area contributed by atoms with Crippen LogP contribution < -0.4 is 10.6 Å². The van der Waals surface area contributed by atoms with Gasteiger partial charge in [0.25, 0.3) is 5.78 Å². The summed E-state index contributed by atoms with van der Waals surface area (Å²) in [4.78, 5) is 22.2. The number of primary amides is 1. The molecule has 1 saturated heterocycles. The van der Waals surface area contributed by atoms with Crippen molar-refractivity contribution in [2.45, 2.75) is 19.1 Å². The normalized spacial score (nSPS) is 18.1. The summed E-state index contributed by atoms with van der Waals surface area (Å²) in [5.41, 5.74) is 4.28. The Morgan fingerprint density at radius 1 is 1.29 bits per heavy atom. The summed E-state index contributed by atoms with van der Waals surface area (Å²) in [5.74, 6) is -0.255. The van der Waals surface area contributed by atoms with Crippen molar-refractivity contribution in [3.63, 3.8) is 0 Å². The fourth-order valence-corrected chi connectivity index (χ4v) is 2.69. The van der Waals surface area contributed by atoms with Crippen LogP contribution in [-0.4, -0.2) is 62.6 Å². The average molecular weight is 343 g/mol. The van der Waals surface area contributed by atoms with E-state index in [1.165, 1.54) is 4.52 Å². The van der Waals surface area contributed by atoms with Crippen molar-refractivity contribution < 1.29 is 18.0 Å². The molecule has 2 N–H and O–H groups in total. The minimum Gasteiger partial charge on any atom is -0.368 e. The molecular formula is C13H16F3N7O. The number of piperazine rings is 1. The zero-order valence-electron chi connectivity index (χ0n) is 12.9. The maximum absolute atomic E-state index is 13.0. The van der Waals surface area contributed by atoms with Gasteiger partial charge in [0.1, 0.15) is 12.1 Å². The third kappa shape index (κ3) is 2.98. The Morgan fingerprint density at radius 3 is 2.54 bits per heavy atom. The molecule has 1 amide bonds. The van der Waals surface area contributed by atoms with Gasteiger partial charge in [0.05, 0.1) is 6.04 Å². The van der Waals surface area contributed by atoms with E-state index in [1.807, 2.05) is 4.90 Å². The van der Waals surface area contributed by atoms with Gasteiger partial charge in [0, 0.05) is 32.2 Å². The van der Waals surface area contributed by atoms with E-state index in [9.17, 15) is 18.0 Å². The molecule has 1 unspecified atom stereocenters. The molecule has 0 bridgehead atoms. The summed E-state index contributed by atoms with van der Waals surface area (Å²) in [6.07, 6.45) is -3.40. The first-order valence-corrected chi connectivity index (χ1v) is 7.33. The van der Waals surface area contributed by atoms with Gasteiger partial charge in [-0.2, -0.15) is 27.8 Å². The van der Waals surface area contributed by atoms with E-state index in [1.54, 1.807) is 11.8 Å². The lowest BCUT2D eigenvalue weighted by molar-refractivity contribution is -0.141. The van der Waals surface area contributed by atoms with Crippen LogP contribution in [0, 0.1) is 0 Å². The Bertz CT molecular complexity index is 752. The summed E-state index contributed by atoms with van der Waals surface area (Å²) in [7, 11) is 0. The maximum Gasteiger partial charge on any atom is 0.433 e. The van der Waals surface area contributed by atoms with Crippen molar-refractivity contribution >= 4 is 17.5 Å². The predicted molar refractivity (Wildman–Crippen MR) is 78.2 cm³/mol. The van der Waals surface area contributed by atoms with Gasteiger partial charge in [0.2, 0.25) is 5.91 Å². The molecule has 11 heteroatoms. The predicted octanol–water partition coefficient (Wildman–Crippen LogP) is 0.139. The highest BCUT2D eigenvalue weighted by Gasteiger charge is 2.35. The van der Waals surface area contributed by atoms with Crippen molar-refractivity contribution in [2.24, 2.45) is 5.73 Å². The van der Waals surface area contributed by atoms with Crippen LogP contribution in [0.25, 0.3) is 5.78 Å². The maximum atomic E-state index is 13.0. The van der Waals surface area contributed by atoms with E-state index in [0.29, 0.717) is 26.2 Å². The molecule has 1 aliphatic rings. The van der Waals surface area contributed by atoms with Crippen LogP contribution in [0.1, 0.15) is 12.6 Å². The molecule has 3 rings (SSSR count). The molecule has 0 saturated carbocycles. The van der Waals surface area contributed by atoms with Gasteiger partial charge in [-0.1, -0.05) is 0 Å². The molecule has 1 aliphatic heterocycles. The third-order valence-corrected chi connectivity index (χ3v) is 4.12. The molecular weight excluding hydrogens is 327 g/mol. The first kappa shape index (κ1) is 16.4. The molecule has 1 fully saturated rings.